The van der Waals surface area contributed by atoms with Crippen LogP contribution in [0.2, 0.25) is 0 Å². The Bertz CT molecular complexity index is 497. The van der Waals surface area contributed by atoms with Crippen LogP contribution in [-0.4, -0.2) is 19.0 Å². The molecule has 0 spiro atoms. The number of thiophene rings is 1. The first-order chi connectivity index (χ1) is 8.67. The third-order valence-electron chi connectivity index (χ3n) is 3.19. The van der Waals surface area contributed by atoms with Crippen molar-refractivity contribution in [1.29, 1.82) is 5.26 Å². The largest absolute Gasteiger partial charge is 0.396 e. The number of carbonyl (C=O) groups is 1. The minimum absolute atomic E-state index is 0.245. The second-order valence-corrected chi connectivity index (χ2v) is 5.39. The number of hydrogen-bond acceptors (Lipinski definition) is 5. The van der Waals surface area contributed by atoms with Crippen LogP contribution in [0.3, 0.4) is 0 Å². The molecule has 1 fully saturated rings. The van der Waals surface area contributed by atoms with E-state index in [0.29, 0.717) is 16.5 Å². The summed E-state index contributed by atoms with van der Waals surface area (Å²) >= 11 is 1.26. The summed E-state index contributed by atoms with van der Waals surface area (Å²) < 4.78 is 0. The van der Waals surface area contributed by atoms with Gasteiger partial charge in [-0.1, -0.05) is 12.8 Å². The molecular weight excluding hydrogens is 248 g/mol. The molecular formula is C12H16N4OS. The van der Waals surface area contributed by atoms with Crippen LogP contribution in [-0.2, 0) is 0 Å². The summed E-state index contributed by atoms with van der Waals surface area (Å²) in [5.74, 6) is -0.245. The van der Waals surface area contributed by atoms with Crippen LogP contribution >= 0.6 is 11.3 Å². The van der Waals surface area contributed by atoms with Gasteiger partial charge in [-0.25, -0.2) is 0 Å². The van der Waals surface area contributed by atoms with E-state index in [4.69, 9.17) is 11.0 Å². The zero-order valence-corrected chi connectivity index (χ0v) is 11.1. The Hall–Kier alpha value is -1.74. The Morgan fingerprint density at radius 1 is 1.50 bits per heavy atom. The van der Waals surface area contributed by atoms with Crippen molar-refractivity contribution in [2.75, 3.05) is 18.1 Å². The van der Waals surface area contributed by atoms with Gasteiger partial charge in [-0.2, -0.15) is 5.26 Å². The fourth-order valence-electron chi connectivity index (χ4n) is 2.23. The molecule has 2 rings (SSSR count). The highest BCUT2D eigenvalue weighted by Gasteiger charge is 2.24. The monoisotopic (exact) mass is 264 g/mol. The molecule has 0 aromatic carbocycles. The van der Waals surface area contributed by atoms with Crippen LogP contribution in [0, 0.1) is 11.3 Å². The summed E-state index contributed by atoms with van der Waals surface area (Å²) in [6, 6.07) is 2.42. The molecule has 1 aliphatic rings. The van der Waals surface area contributed by atoms with Crippen molar-refractivity contribution < 1.29 is 4.79 Å². The lowest BCUT2D eigenvalue weighted by atomic mass is 10.2. The van der Waals surface area contributed by atoms with Crippen molar-refractivity contribution in [2.45, 2.75) is 31.7 Å². The molecule has 0 bridgehead atoms. The number of anilines is 2. The smallest absolute Gasteiger partial charge is 0.256 e. The molecule has 0 atom stereocenters. The Labute approximate surface area is 110 Å². The van der Waals surface area contributed by atoms with Gasteiger partial charge in [0.1, 0.15) is 15.9 Å². The lowest BCUT2D eigenvalue weighted by Gasteiger charge is -2.13. The van der Waals surface area contributed by atoms with E-state index in [2.05, 4.69) is 10.6 Å². The average Bonchev–Trinajstić information content (AvgIpc) is 2.97. The number of amides is 1. The van der Waals surface area contributed by atoms with Crippen LogP contribution in [0.15, 0.2) is 0 Å². The van der Waals surface area contributed by atoms with Crippen molar-refractivity contribution >= 4 is 27.9 Å². The molecule has 1 saturated carbocycles. The van der Waals surface area contributed by atoms with E-state index in [-0.39, 0.29) is 11.6 Å². The van der Waals surface area contributed by atoms with Gasteiger partial charge in [-0.05, 0) is 12.8 Å². The van der Waals surface area contributed by atoms with Crippen molar-refractivity contribution in [3.05, 3.63) is 10.4 Å². The lowest BCUT2D eigenvalue weighted by molar-refractivity contribution is 0.0965. The van der Waals surface area contributed by atoms with Crippen molar-refractivity contribution in [3.8, 4) is 6.07 Å². The average molecular weight is 264 g/mol. The van der Waals surface area contributed by atoms with Gasteiger partial charge in [0, 0.05) is 13.1 Å². The fourth-order valence-corrected chi connectivity index (χ4v) is 3.23. The third kappa shape index (κ3) is 2.27. The summed E-state index contributed by atoms with van der Waals surface area (Å²) in [5.41, 5.74) is 6.54. The second kappa shape index (κ2) is 5.27. The second-order valence-electron chi connectivity index (χ2n) is 4.37. The highest BCUT2D eigenvalue weighted by molar-refractivity contribution is 7.17. The van der Waals surface area contributed by atoms with E-state index in [9.17, 15) is 4.79 Å². The summed E-state index contributed by atoms with van der Waals surface area (Å²) in [5, 5.41) is 15.6. The number of hydrogen-bond donors (Lipinski definition) is 3. The summed E-state index contributed by atoms with van der Waals surface area (Å²) in [6.45, 7) is 0. The molecule has 0 aliphatic heterocycles. The van der Waals surface area contributed by atoms with E-state index in [1.165, 1.54) is 24.2 Å². The van der Waals surface area contributed by atoms with Crippen molar-refractivity contribution in [1.82, 2.24) is 5.32 Å². The van der Waals surface area contributed by atoms with Gasteiger partial charge in [0.05, 0.1) is 11.3 Å². The van der Waals surface area contributed by atoms with E-state index in [1.807, 2.05) is 6.07 Å². The van der Waals surface area contributed by atoms with Gasteiger partial charge >= 0.3 is 0 Å². The van der Waals surface area contributed by atoms with Gasteiger partial charge in [-0.3, -0.25) is 4.79 Å². The number of nitrogens with two attached hydrogens (primary N) is 1. The van der Waals surface area contributed by atoms with Gasteiger partial charge in [-0.15, -0.1) is 11.3 Å². The molecule has 1 aromatic heterocycles. The SMILES string of the molecule is CNC(=O)c1c(NC2CCCC2)sc(C#N)c1N. The van der Waals surface area contributed by atoms with Gasteiger partial charge in [0.25, 0.3) is 5.91 Å². The maximum Gasteiger partial charge on any atom is 0.256 e. The Balaban J connectivity index is 2.32. The van der Waals surface area contributed by atoms with E-state index < -0.39 is 0 Å². The van der Waals surface area contributed by atoms with Crippen LogP contribution in [0.1, 0.15) is 40.9 Å². The minimum Gasteiger partial charge on any atom is -0.396 e. The number of nitrogens with one attached hydrogen (secondary N) is 2. The van der Waals surface area contributed by atoms with Gasteiger partial charge < -0.3 is 16.4 Å². The molecule has 0 unspecified atom stereocenters. The molecule has 4 N–H and O–H groups in total. The van der Waals surface area contributed by atoms with Gasteiger partial charge in [0.2, 0.25) is 0 Å². The van der Waals surface area contributed by atoms with Crippen molar-refractivity contribution in [2.24, 2.45) is 0 Å². The minimum atomic E-state index is -0.245. The number of rotatable bonds is 3. The third-order valence-corrected chi connectivity index (χ3v) is 4.23. The van der Waals surface area contributed by atoms with Crippen LogP contribution in [0.5, 0.6) is 0 Å². The molecule has 0 saturated heterocycles. The molecule has 6 heteroatoms. The number of nitrogen functional groups attached to an aromatic ring is 1. The summed E-state index contributed by atoms with van der Waals surface area (Å²) in [4.78, 5) is 12.2. The maximum atomic E-state index is 11.8. The quantitative estimate of drug-likeness (QED) is 0.777. The first-order valence-electron chi connectivity index (χ1n) is 5.98. The number of nitriles is 1. The molecule has 1 amide bonds. The van der Waals surface area contributed by atoms with Crippen LogP contribution < -0.4 is 16.4 Å². The molecule has 18 heavy (non-hydrogen) atoms. The van der Waals surface area contributed by atoms with E-state index in [0.717, 1.165) is 17.8 Å². The fraction of sp³-hybridized carbons (Fsp3) is 0.500. The predicted molar refractivity (Wildman–Crippen MR) is 72.7 cm³/mol. The zero-order valence-electron chi connectivity index (χ0n) is 10.2. The molecule has 1 aliphatic carbocycles. The topological polar surface area (TPSA) is 90.9 Å². The summed E-state index contributed by atoms with van der Waals surface area (Å²) in [6.07, 6.45) is 4.62. The van der Waals surface area contributed by atoms with Crippen molar-refractivity contribution in [3.63, 3.8) is 0 Å². The van der Waals surface area contributed by atoms with Crippen LogP contribution in [0.25, 0.3) is 0 Å². The predicted octanol–water partition coefficient (Wildman–Crippen LogP) is 1.92. The first-order valence-corrected chi connectivity index (χ1v) is 6.80. The molecule has 5 nitrogen and oxygen atoms in total. The Morgan fingerprint density at radius 2 is 2.17 bits per heavy atom. The lowest BCUT2D eigenvalue weighted by Crippen LogP contribution is -2.22. The first kappa shape index (κ1) is 12.7. The molecule has 1 aromatic rings. The molecule has 0 radical (unpaired) electrons. The van der Waals surface area contributed by atoms with E-state index in [1.54, 1.807) is 7.05 Å². The van der Waals surface area contributed by atoms with Gasteiger partial charge in [0.15, 0.2) is 0 Å². The Morgan fingerprint density at radius 3 is 2.72 bits per heavy atom. The Kier molecular flexibility index (Phi) is 3.72. The highest BCUT2D eigenvalue weighted by Crippen LogP contribution is 2.37. The maximum absolute atomic E-state index is 11.8. The number of carbonyl (C=O) groups excluding carboxylic acids is 1. The van der Waals surface area contributed by atoms with Crippen LogP contribution in [0.4, 0.5) is 10.7 Å². The summed E-state index contributed by atoms with van der Waals surface area (Å²) in [7, 11) is 1.56. The highest BCUT2D eigenvalue weighted by atomic mass is 32.1. The normalized spacial score (nSPS) is 15.3. The molecule has 96 valence electrons. The zero-order chi connectivity index (χ0) is 13.1. The standard InChI is InChI=1S/C12H16N4OS/c1-15-11(17)9-10(14)8(6-13)18-12(9)16-7-4-2-3-5-7/h7,16H,2-5,14H2,1H3,(H,15,17). The molecule has 1 heterocycles. The van der Waals surface area contributed by atoms with E-state index >= 15 is 0 Å². The number of nitrogens with zero attached hydrogens (tertiary/aromatic N) is 1.